The zero-order valence-corrected chi connectivity index (χ0v) is 43.8. The van der Waals surface area contributed by atoms with Gasteiger partial charge in [0.25, 0.3) is 0 Å². The lowest BCUT2D eigenvalue weighted by molar-refractivity contribution is -0.571. The van der Waals surface area contributed by atoms with Crippen molar-refractivity contribution in [1.82, 2.24) is 0 Å². The second-order valence-corrected chi connectivity index (χ2v) is 25.4. The fraction of sp³-hybridized carbons (Fsp3) is 0.944. The number of esters is 3. The van der Waals surface area contributed by atoms with Crippen LogP contribution >= 0.6 is 0 Å². The molecular weight excluding hydrogens is 937 g/mol. The van der Waals surface area contributed by atoms with E-state index in [0.29, 0.717) is 37.0 Å². The molecule has 0 radical (unpaired) electrons. The van der Waals surface area contributed by atoms with E-state index in [1.54, 1.807) is 0 Å². The number of fused-ring (bicyclic) bond motifs is 6. The van der Waals surface area contributed by atoms with E-state index < -0.39 is 95.4 Å². The van der Waals surface area contributed by atoms with Crippen molar-refractivity contribution in [1.29, 1.82) is 0 Å². The van der Waals surface area contributed by atoms with Gasteiger partial charge in [0, 0.05) is 37.0 Å². The highest BCUT2D eigenvalue weighted by Gasteiger charge is 2.72. The molecule has 6 unspecified atom stereocenters. The summed E-state index contributed by atoms with van der Waals surface area (Å²) >= 11 is 0. The van der Waals surface area contributed by atoms with Crippen LogP contribution in [0.5, 0.6) is 0 Å². The Morgan fingerprint density at radius 2 is 0.750 bits per heavy atom. The lowest BCUT2D eigenvalue weighted by Crippen LogP contribution is -2.70. The zero-order valence-electron chi connectivity index (χ0n) is 43.8. The average molecular weight is 1020 g/mol. The second kappa shape index (κ2) is 18.3. The molecule has 24 atom stereocenters. The summed E-state index contributed by atoms with van der Waals surface area (Å²) in [6.07, 6.45) is 5.31. The molecule has 72 heavy (non-hydrogen) atoms. The highest BCUT2D eigenvalue weighted by molar-refractivity contribution is 5.72. The van der Waals surface area contributed by atoms with Crippen molar-refractivity contribution in [3.05, 3.63) is 0 Å². The number of rotatable bonds is 11. The summed E-state index contributed by atoms with van der Waals surface area (Å²) in [5.41, 5.74) is -2.32. The minimum absolute atomic E-state index is 0.0148. The van der Waals surface area contributed by atoms with Crippen LogP contribution in [0, 0.1) is 71.0 Å². The van der Waals surface area contributed by atoms with E-state index in [-0.39, 0.29) is 85.7 Å². The van der Waals surface area contributed by atoms with Gasteiger partial charge in [-0.1, -0.05) is 41.5 Å². The second-order valence-electron chi connectivity index (χ2n) is 25.4. The molecule has 15 aliphatic rings. The van der Waals surface area contributed by atoms with Crippen LogP contribution in [0.3, 0.4) is 0 Å². The Balaban J connectivity index is 0.732. The molecule has 0 aromatic heterocycles. The molecule has 3 saturated carbocycles. The summed E-state index contributed by atoms with van der Waals surface area (Å²) in [7, 11) is 0. The van der Waals surface area contributed by atoms with E-state index in [9.17, 15) is 14.4 Å². The van der Waals surface area contributed by atoms with Gasteiger partial charge in [0.2, 0.25) is 17.4 Å². The molecule has 3 aliphatic carbocycles. The Morgan fingerprint density at radius 1 is 0.431 bits per heavy atom. The molecule has 12 aliphatic heterocycles. The minimum atomic E-state index is -1.13. The van der Waals surface area contributed by atoms with Crippen LogP contribution in [-0.2, 0) is 86.3 Å². The molecule has 0 aromatic carbocycles. The molecule has 18 nitrogen and oxygen atoms in total. The third kappa shape index (κ3) is 8.01. The molecule has 15 fully saturated rings. The summed E-state index contributed by atoms with van der Waals surface area (Å²) in [6.45, 7) is 18.0. The molecule has 12 heterocycles. The molecule has 15 rings (SSSR count). The first-order valence-corrected chi connectivity index (χ1v) is 27.9. The van der Waals surface area contributed by atoms with Gasteiger partial charge in [-0.3, -0.25) is 14.4 Å². The molecule has 404 valence electrons. The summed E-state index contributed by atoms with van der Waals surface area (Å²) in [4.78, 5) is 79.1. The largest absolute Gasteiger partial charge is 0.462 e. The number of carbonyl (C=O) groups is 3. The first-order valence-electron chi connectivity index (χ1n) is 27.9. The van der Waals surface area contributed by atoms with Crippen LogP contribution in [0.1, 0.15) is 159 Å². The summed E-state index contributed by atoms with van der Waals surface area (Å²) in [6, 6.07) is 0. The van der Waals surface area contributed by atoms with Crippen molar-refractivity contribution < 1.29 is 86.3 Å². The van der Waals surface area contributed by atoms with Crippen LogP contribution < -0.4 is 0 Å². The average Bonchev–Trinajstić information content (AvgIpc) is 3.82. The van der Waals surface area contributed by atoms with E-state index in [1.165, 1.54) is 0 Å². The van der Waals surface area contributed by atoms with Gasteiger partial charge in [0.1, 0.15) is 13.2 Å². The van der Waals surface area contributed by atoms with Gasteiger partial charge in [-0.2, -0.15) is 0 Å². The predicted molar refractivity (Wildman–Crippen MR) is 246 cm³/mol. The van der Waals surface area contributed by atoms with Crippen molar-refractivity contribution in [2.75, 3.05) is 13.2 Å². The van der Waals surface area contributed by atoms with Crippen molar-refractivity contribution >= 4 is 17.9 Å². The van der Waals surface area contributed by atoms with Gasteiger partial charge >= 0.3 is 17.9 Å². The first-order chi connectivity index (χ1) is 34.3. The van der Waals surface area contributed by atoms with Gasteiger partial charge in [-0.25, -0.2) is 29.3 Å². The Bertz CT molecular complexity index is 2000. The highest BCUT2D eigenvalue weighted by Crippen LogP contribution is 2.64. The highest BCUT2D eigenvalue weighted by atomic mass is 17.3. The number of hydrogen-bond donors (Lipinski definition) is 0. The summed E-state index contributed by atoms with van der Waals surface area (Å²) in [5, 5.41) is 0. The maximum atomic E-state index is 14.2. The SMILES string of the molecule is C[C@@H]1CC[C@H]2[C@@H](C)C(CC(=O)OCC(COC(=O)CC3O[C@@H]4OC5(C)CC[C@H]6[C@H](C)CC[C@@H]([C@H]3C)[C@@]46OO5)OC(=O)CC3O[C@@H]4OC5(C)CC[C@H]6[C@H](C)CC[C@@H]([C@H]3C)[C@@]46OO5)O[C@@H]3OC4(C)CC[C@@H]1[C@]32OO4. The van der Waals surface area contributed by atoms with E-state index in [4.69, 9.17) is 72.0 Å². The van der Waals surface area contributed by atoms with Gasteiger partial charge in [0.05, 0.1) is 37.6 Å². The van der Waals surface area contributed by atoms with Crippen molar-refractivity contribution in [2.45, 2.75) is 236 Å². The van der Waals surface area contributed by atoms with Crippen molar-refractivity contribution in [3.63, 3.8) is 0 Å². The topological polar surface area (TPSA) is 190 Å². The van der Waals surface area contributed by atoms with Crippen molar-refractivity contribution in [2.24, 2.45) is 71.0 Å². The fourth-order valence-corrected chi connectivity index (χ4v) is 17.0. The van der Waals surface area contributed by atoms with E-state index in [2.05, 4.69) is 41.5 Å². The molecular formula is C54H80O18. The van der Waals surface area contributed by atoms with E-state index in [1.807, 2.05) is 20.8 Å². The first kappa shape index (κ1) is 50.7. The Kier molecular flexibility index (Phi) is 12.9. The van der Waals surface area contributed by atoms with Crippen LogP contribution in [0.15, 0.2) is 0 Å². The molecule has 12 saturated heterocycles. The third-order valence-electron chi connectivity index (χ3n) is 21.1. The molecule has 3 spiro atoms. The molecule has 0 N–H and O–H groups in total. The fourth-order valence-electron chi connectivity index (χ4n) is 17.0. The van der Waals surface area contributed by atoms with Crippen LogP contribution in [0.25, 0.3) is 0 Å². The summed E-state index contributed by atoms with van der Waals surface area (Å²) in [5.74, 6) is -2.99. The van der Waals surface area contributed by atoms with Crippen LogP contribution in [0.4, 0.5) is 0 Å². The standard InChI is InChI=1S/C54H80O18/c1-27-10-13-37-30(4)40(61-46-52(37)34(27)16-19-49(7,64-46)67-70-52)22-43(55)58-25-33(60-45(57)24-42-32(6)39-15-12-29(3)36-18-21-51(9)66-48(63-42)54(36,39)72-69-51)26-59-44(56)23-41-31(5)38-14-11-28(2)35-17-20-50(8)65-47(62-41)53(35,38)71-68-50/h27-42,46-48H,10-26H2,1-9H3/t27-,28-,29-,30-,31-,32-,33?,34+,35+,36+,37+,38+,39+,40?,41?,42?,46-,47-,48-,49?,50?,51?,52-,53-,54-/m1/s1. The summed E-state index contributed by atoms with van der Waals surface area (Å²) < 4.78 is 57.8. The number of carbonyl (C=O) groups excluding carboxylic acids is 3. The zero-order chi connectivity index (χ0) is 50.3. The number of ether oxygens (including phenoxy) is 9. The Labute approximate surface area is 423 Å². The van der Waals surface area contributed by atoms with Crippen LogP contribution in [-0.4, -0.2) is 109 Å². The molecule has 0 aromatic rings. The van der Waals surface area contributed by atoms with Crippen LogP contribution in [0.2, 0.25) is 0 Å². The maximum Gasteiger partial charge on any atom is 0.308 e. The molecule has 6 bridgehead atoms. The lowest BCUT2D eigenvalue weighted by Gasteiger charge is -2.60. The Morgan fingerprint density at radius 3 is 1.08 bits per heavy atom. The molecule has 0 amide bonds. The van der Waals surface area contributed by atoms with Crippen molar-refractivity contribution in [3.8, 4) is 0 Å². The third-order valence-corrected chi connectivity index (χ3v) is 21.1. The van der Waals surface area contributed by atoms with E-state index >= 15 is 0 Å². The Hall–Kier alpha value is -2.07. The predicted octanol–water partition coefficient (Wildman–Crippen LogP) is 7.91. The van der Waals surface area contributed by atoms with Gasteiger partial charge in [-0.15, -0.1) is 0 Å². The maximum absolute atomic E-state index is 14.2. The quantitative estimate of drug-likeness (QED) is 0.110. The smallest absolute Gasteiger partial charge is 0.308 e. The number of hydrogen-bond acceptors (Lipinski definition) is 18. The monoisotopic (exact) mass is 1020 g/mol. The van der Waals surface area contributed by atoms with Gasteiger partial charge < -0.3 is 42.6 Å². The van der Waals surface area contributed by atoms with Gasteiger partial charge in [0.15, 0.2) is 41.8 Å². The lowest BCUT2D eigenvalue weighted by atomic mass is 9.57. The molecule has 18 heteroatoms. The minimum Gasteiger partial charge on any atom is -0.462 e. The van der Waals surface area contributed by atoms with E-state index in [0.717, 1.165) is 57.8 Å². The normalized spacial score (nSPS) is 54.1. The van der Waals surface area contributed by atoms with Gasteiger partial charge in [-0.05, 0) is 132 Å².